The van der Waals surface area contributed by atoms with Gasteiger partial charge in [-0.3, -0.25) is 10.1 Å². The van der Waals surface area contributed by atoms with Crippen molar-refractivity contribution in [3.8, 4) is 11.5 Å². The number of nitrogens with one attached hydrogen (secondary N) is 1. The minimum absolute atomic E-state index is 0.139. The third-order valence-electron chi connectivity index (χ3n) is 3.91. The number of nitro benzene ring substituents is 1. The summed E-state index contributed by atoms with van der Waals surface area (Å²) in [6.07, 6.45) is 0. The van der Waals surface area contributed by atoms with Crippen molar-refractivity contribution < 1.29 is 22.8 Å². The largest absolute Gasteiger partial charge is 0.497 e. The summed E-state index contributed by atoms with van der Waals surface area (Å²) in [7, 11) is -1.000. The molecule has 0 heterocycles. The average Bonchev–Trinajstić information content (AvgIpc) is 2.60. The number of hydrogen-bond acceptors (Lipinski definition) is 6. The van der Waals surface area contributed by atoms with Crippen LogP contribution < -0.4 is 14.2 Å². The molecule has 1 N–H and O–H groups in total. The first-order chi connectivity index (χ1) is 12.2. The summed E-state index contributed by atoms with van der Waals surface area (Å²) >= 11 is 0. The second-order valence-corrected chi connectivity index (χ2v) is 7.34. The van der Waals surface area contributed by atoms with E-state index < -0.39 is 21.0 Å². The summed E-state index contributed by atoms with van der Waals surface area (Å²) in [5.74, 6) is 1.05. The molecule has 0 saturated heterocycles. The SMILES string of the molecule is COc1ccc(OC)c(C(C)NS(=O)(=O)c2cc([N+](=O)[O-])ccc2C)c1. The summed E-state index contributed by atoms with van der Waals surface area (Å²) in [6.45, 7) is 3.23. The molecule has 0 aliphatic carbocycles. The molecule has 0 radical (unpaired) electrons. The molecule has 2 aromatic carbocycles. The smallest absolute Gasteiger partial charge is 0.270 e. The number of ether oxygens (including phenoxy) is 2. The van der Waals surface area contributed by atoms with Crippen LogP contribution in [0.1, 0.15) is 24.1 Å². The van der Waals surface area contributed by atoms with E-state index in [1.165, 1.54) is 26.4 Å². The van der Waals surface area contributed by atoms with Crippen LogP contribution in [0.25, 0.3) is 0 Å². The fourth-order valence-corrected chi connectivity index (χ4v) is 4.02. The highest BCUT2D eigenvalue weighted by Crippen LogP contribution is 2.31. The first-order valence-corrected chi connectivity index (χ1v) is 9.17. The topological polar surface area (TPSA) is 108 Å². The van der Waals surface area contributed by atoms with E-state index in [2.05, 4.69) is 4.72 Å². The fourth-order valence-electron chi connectivity index (χ4n) is 2.53. The van der Waals surface area contributed by atoms with Crippen molar-refractivity contribution in [1.82, 2.24) is 4.72 Å². The second-order valence-electron chi connectivity index (χ2n) is 5.66. The number of sulfonamides is 1. The maximum Gasteiger partial charge on any atom is 0.270 e. The van der Waals surface area contributed by atoms with Crippen LogP contribution >= 0.6 is 0 Å². The van der Waals surface area contributed by atoms with Gasteiger partial charge < -0.3 is 9.47 Å². The van der Waals surface area contributed by atoms with E-state index in [-0.39, 0.29) is 10.6 Å². The van der Waals surface area contributed by atoms with Gasteiger partial charge in [-0.25, -0.2) is 13.1 Å². The quantitative estimate of drug-likeness (QED) is 0.584. The number of benzene rings is 2. The number of hydrogen-bond donors (Lipinski definition) is 1. The van der Waals surface area contributed by atoms with Crippen LogP contribution in [-0.2, 0) is 10.0 Å². The molecule has 8 nitrogen and oxygen atoms in total. The molecule has 0 bridgehead atoms. The van der Waals surface area contributed by atoms with Crippen molar-refractivity contribution in [3.05, 3.63) is 57.6 Å². The van der Waals surface area contributed by atoms with Gasteiger partial charge in [-0.05, 0) is 37.6 Å². The number of non-ortho nitro benzene ring substituents is 1. The van der Waals surface area contributed by atoms with Crippen LogP contribution in [0.3, 0.4) is 0 Å². The van der Waals surface area contributed by atoms with Gasteiger partial charge in [0.15, 0.2) is 0 Å². The highest BCUT2D eigenvalue weighted by Gasteiger charge is 2.24. The van der Waals surface area contributed by atoms with Gasteiger partial charge in [-0.1, -0.05) is 6.07 Å². The van der Waals surface area contributed by atoms with Gasteiger partial charge in [0.1, 0.15) is 11.5 Å². The molecule has 2 rings (SSSR count). The van der Waals surface area contributed by atoms with Gasteiger partial charge in [0.25, 0.3) is 5.69 Å². The molecular formula is C17H20N2O6S. The third-order valence-corrected chi connectivity index (χ3v) is 5.59. The standard InChI is InChI=1S/C17H20N2O6S/c1-11-5-6-13(19(20)21)9-17(11)26(22,23)18-12(2)15-10-14(24-3)7-8-16(15)25-4/h5-10,12,18H,1-4H3. The number of nitrogens with zero attached hydrogens (tertiary/aromatic N) is 1. The van der Waals surface area contributed by atoms with Gasteiger partial charge in [0.05, 0.1) is 24.0 Å². The summed E-state index contributed by atoms with van der Waals surface area (Å²) in [6, 6.07) is 8.13. The zero-order valence-corrected chi connectivity index (χ0v) is 15.7. The van der Waals surface area contributed by atoms with Crippen molar-refractivity contribution in [1.29, 1.82) is 0 Å². The highest BCUT2D eigenvalue weighted by atomic mass is 32.2. The summed E-state index contributed by atoms with van der Waals surface area (Å²) in [4.78, 5) is 10.2. The van der Waals surface area contributed by atoms with Crippen LogP contribution in [0, 0.1) is 17.0 Å². The molecule has 0 aliphatic heterocycles. The molecule has 0 aromatic heterocycles. The first-order valence-electron chi connectivity index (χ1n) is 7.69. The lowest BCUT2D eigenvalue weighted by Gasteiger charge is -2.19. The van der Waals surface area contributed by atoms with Gasteiger partial charge in [-0.15, -0.1) is 0 Å². The predicted molar refractivity (Wildman–Crippen MR) is 96.1 cm³/mol. The predicted octanol–water partition coefficient (Wildman–Crippen LogP) is 2.96. The average molecular weight is 380 g/mol. The maximum absolute atomic E-state index is 12.8. The summed E-state index contributed by atoms with van der Waals surface area (Å²) in [5, 5.41) is 10.9. The van der Waals surface area contributed by atoms with E-state index in [4.69, 9.17) is 9.47 Å². The van der Waals surface area contributed by atoms with Crippen molar-refractivity contribution in [2.45, 2.75) is 24.8 Å². The van der Waals surface area contributed by atoms with E-state index in [0.29, 0.717) is 22.6 Å². The maximum atomic E-state index is 12.8. The lowest BCUT2D eigenvalue weighted by Crippen LogP contribution is -2.28. The van der Waals surface area contributed by atoms with Gasteiger partial charge in [0.2, 0.25) is 10.0 Å². The molecule has 9 heteroatoms. The minimum atomic E-state index is -3.99. The Morgan fingerprint density at radius 1 is 1.12 bits per heavy atom. The summed E-state index contributed by atoms with van der Waals surface area (Å²) in [5.41, 5.74) is 0.703. The van der Waals surface area contributed by atoms with Crippen molar-refractivity contribution in [2.24, 2.45) is 0 Å². The monoisotopic (exact) mass is 380 g/mol. The lowest BCUT2D eigenvalue weighted by molar-refractivity contribution is -0.385. The second kappa shape index (κ2) is 7.71. The molecule has 26 heavy (non-hydrogen) atoms. The Kier molecular flexibility index (Phi) is 5.83. The zero-order chi connectivity index (χ0) is 19.5. The van der Waals surface area contributed by atoms with E-state index in [0.717, 1.165) is 6.07 Å². The number of rotatable bonds is 7. The Bertz CT molecular complexity index is 927. The summed E-state index contributed by atoms with van der Waals surface area (Å²) < 4.78 is 38.5. The van der Waals surface area contributed by atoms with Crippen LogP contribution in [-0.4, -0.2) is 27.6 Å². The van der Waals surface area contributed by atoms with Crippen molar-refractivity contribution in [3.63, 3.8) is 0 Å². The Labute approximate surface area is 152 Å². The van der Waals surface area contributed by atoms with Crippen molar-refractivity contribution in [2.75, 3.05) is 14.2 Å². The van der Waals surface area contributed by atoms with Gasteiger partial charge in [-0.2, -0.15) is 0 Å². The highest BCUT2D eigenvalue weighted by molar-refractivity contribution is 7.89. The molecule has 0 fully saturated rings. The van der Waals surface area contributed by atoms with E-state index >= 15 is 0 Å². The van der Waals surface area contributed by atoms with Crippen LogP contribution in [0.5, 0.6) is 11.5 Å². The number of methoxy groups -OCH3 is 2. The molecule has 1 unspecified atom stereocenters. The molecule has 0 aliphatic rings. The number of nitro groups is 1. The van der Waals surface area contributed by atoms with Crippen molar-refractivity contribution >= 4 is 15.7 Å². The Hall–Kier alpha value is -2.65. The van der Waals surface area contributed by atoms with Gasteiger partial charge >= 0.3 is 0 Å². The van der Waals surface area contributed by atoms with Gasteiger partial charge in [0, 0.05) is 23.7 Å². The molecule has 1 atom stereocenters. The minimum Gasteiger partial charge on any atom is -0.497 e. The molecule has 140 valence electrons. The Balaban J connectivity index is 2.41. The fraction of sp³-hybridized carbons (Fsp3) is 0.294. The normalized spacial score (nSPS) is 12.5. The third kappa shape index (κ3) is 4.12. The lowest BCUT2D eigenvalue weighted by atomic mass is 10.1. The molecule has 0 amide bonds. The Morgan fingerprint density at radius 2 is 1.81 bits per heavy atom. The van der Waals surface area contributed by atoms with Crippen LogP contribution in [0.2, 0.25) is 0 Å². The molecular weight excluding hydrogens is 360 g/mol. The molecule has 2 aromatic rings. The Morgan fingerprint density at radius 3 is 2.38 bits per heavy atom. The van der Waals surface area contributed by atoms with E-state index in [1.54, 1.807) is 32.0 Å². The number of aryl methyl sites for hydroxylation is 1. The van der Waals surface area contributed by atoms with E-state index in [9.17, 15) is 18.5 Å². The van der Waals surface area contributed by atoms with Crippen LogP contribution in [0.15, 0.2) is 41.3 Å². The molecule has 0 saturated carbocycles. The molecule has 0 spiro atoms. The zero-order valence-electron chi connectivity index (χ0n) is 14.8. The van der Waals surface area contributed by atoms with Crippen LogP contribution in [0.4, 0.5) is 5.69 Å². The first kappa shape index (κ1) is 19.7. The van der Waals surface area contributed by atoms with E-state index in [1.807, 2.05) is 0 Å².